The van der Waals surface area contributed by atoms with E-state index in [9.17, 15) is 4.79 Å². The second-order valence-electron chi connectivity index (χ2n) is 4.98. The van der Waals surface area contributed by atoms with Gasteiger partial charge in [-0.2, -0.15) is 0 Å². The molecule has 2 rings (SSSR count). The van der Waals surface area contributed by atoms with Crippen molar-refractivity contribution in [3.8, 4) is 5.75 Å². The second-order valence-corrected chi connectivity index (χ2v) is 4.98. The number of benzene rings is 2. The van der Waals surface area contributed by atoms with E-state index in [2.05, 4.69) is 5.32 Å². The number of methoxy groups -OCH3 is 1. The molecule has 0 aliphatic heterocycles. The van der Waals surface area contributed by atoms with Gasteiger partial charge in [-0.1, -0.05) is 36.4 Å². The molecule has 2 aromatic carbocycles. The number of ether oxygens (including phenoxy) is 1. The SMILES string of the molecule is COc1ccc(C)cc1NC(=O)N(C)Cc1ccccc1. The van der Waals surface area contributed by atoms with Crippen molar-refractivity contribution in [3.63, 3.8) is 0 Å². The Balaban J connectivity index is 2.05. The molecule has 0 aromatic heterocycles. The van der Waals surface area contributed by atoms with E-state index in [1.165, 1.54) is 0 Å². The molecule has 0 bridgehead atoms. The molecule has 0 spiro atoms. The van der Waals surface area contributed by atoms with Crippen LogP contribution in [0.25, 0.3) is 0 Å². The van der Waals surface area contributed by atoms with Crippen molar-refractivity contribution in [1.82, 2.24) is 4.90 Å². The van der Waals surface area contributed by atoms with Gasteiger partial charge in [0.25, 0.3) is 0 Å². The molecule has 2 amide bonds. The molecule has 4 heteroatoms. The van der Waals surface area contributed by atoms with Crippen LogP contribution < -0.4 is 10.1 Å². The summed E-state index contributed by atoms with van der Waals surface area (Å²) in [6.07, 6.45) is 0. The number of anilines is 1. The molecule has 0 unspecified atom stereocenters. The normalized spacial score (nSPS) is 10.0. The van der Waals surface area contributed by atoms with Crippen LogP contribution in [0.2, 0.25) is 0 Å². The third-order valence-corrected chi connectivity index (χ3v) is 3.21. The maximum absolute atomic E-state index is 12.3. The molecule has 0 aliphatic carbocycles. The van der Waals surface area contributed by atoms with Crippen molar-refractivity contribution in [3.05, 3.63) is 59.7 Å². The van der Waals surface area contributed by atoms with Crippen LogP contribution in [0.3, 0.4) is 0 Å². The van der Waals surface area contributed by atoms with Gasteiger partial charge in [-0.05, 0) is 30.2 Å². The van der Waals surface area contributed by atoms with Crippen molar-refractivity contribution in [1.29, 1.82) is 0 Å². The zero-order valence-corrected chi connectivity index (χ0v) is 12.6. The maximum atomic E-state index is 12.3. The van der Waals surface area contributed by atoms with Gasteiger partial charge >= 0.3 is 6.03 Å². The molecule has 0 heterocycles. The molecule has 0 aliphatic rings. The first kappa shape index (κ1) is 14.9. The van der Waals surface area contributed by atoms with E-state index < -0.39 is 0 Å². The van der Waals surface area contributed by atoms with Gasteiger partial charge in [0, 0.05) is 13.6 Å². The maximum Gasteiger partial charge on any atom is 0.321 e. The molecule has 0 saturated heterocycles. The summed E-state index contributed by atoms with van der Waals surface area (Å²) in [7, 11) is 3.36. The molecule has 0 fully saturated rings. The van der Waals surface area contributed by atoms with Crippen LogP contribution in [-0.4, -0.2) is 25.1 Å². The lowest BCUT2D eigenvalue weighted by molar-refractivity contribution is 0.220. The van der Waals surface area contributed by atoms with E-state index in [1.807, 2.05) is 55.5 Å². The van der Waals surface area contributed by atoms with E-state index in [0.29, 0.717) is 18.0 Å². The number of nitrogens with zero attached hydrogens (tertiary/aromatic N) is 1. The van der Waals surface area contributed by atoms with Crippen LogP contribution >= 0.6 is 0 Å². The standard InChI is InChI=1S/C17H20N2O2/c1-13-9-10-16(21-3)15(11-13)18-17(20)19(2)12-14-7-5-4-6-8-14/h4-11H,12H2,1-3H3,(H,18,20). The molecule has 0 radical (unpaired) electrons. The Morgan fingerprint density at radius 1 is 1.19 bits per heavy atom. The topological polar surface area (TPSA) is 41.6 Å². The minimum absolute atomic E-state index is 0.164. The highest BCUT2D eigenvalue weighted by Gasteiger charge is 2.12. The number of urea groups is 1. The van der Waals surface area contributed by atoms with Crippen LogP contribution in [0.5, 0.6) is 5.75 Å². The smallest absolute Gasteiger partial charge is 0.321 e. The van der Waals surface area contributed by atoms with Crippen LogP contribution in [0.15, 0.2) is 48.5 Å². The Labute approximate surface area is 125 Å². The molecular weight excluding hydrogens is 264 g/mol. The molecule has 2 aromatic rings. The highest BCUT2D eigenvalue weighted by molar-refractivity contribution is 5.90. The predicted octanol–water partition coefficient (Wildman–Crippen LogP) is 3.67. The van der Waals surface area contributed by atoms with Crippen LogP contribution in [0.4, 0.5) is 10.5 Å². The minimum atomic E-state index is -0.164. The van der Waals surface area contributed by atoms with Crippen molar-refractivity contribution >= 4 is 11.7 Å². The minimum Gasteiger partial charge on any atom is -0.495 e. The molecular formula is C17H20N2O2. The third kappa shape index (κ3) is 3.99. The van der Waals surface area contributed by atoms with Gasteiger partial charge in [-0.15, -0.1) is 0 Å². The summed E-state index contributed by atoms with van der Waals surface area (Å²) >= 11 is 0. The number of carbonyl (C=O) groups is 1. The number of carbonyl (C=O) groups excluding carboxylic acids is 1. The van der Waals surface area contributed by atoms with Crippen LogP contribution in [0, 0.1) is 6.92 Å². The summed E-state index contributed by atoms with van der Waals surface area (Å²) in [5.41, 5.74) is 2.84. The van der Waals surface area contributed by atoms with Gasteiger partial charge in [0.2, 0.25) is 0 Å². The molecule has 4 nitrogen and oxygen atoms in total. The van der Waals surface area contributed by atoms with E-state index in [1.54, 1.807) is 19.1 Å². The van der Waals surface area contributed by atoms with Gasteiger partial charge in [-0.25, -0.2) is 4.79 Å². The first-order valence-corrected chi connectivity index (χ1v) is 6.81. The summed E-state index contributed by atoms with van der Waals surface area (Å²) in [4.78, 5) is 13.9. The van der Waals surface area contributed by atoms with Crippen molar-refractivity contribution in [2.45, 2.75) is 13.5 Å². The number of amides is 2. The van der Waals surface area contributed by atoms with Crippen molar-refractivity contribution in [2.75, 3.05) is 19.5 Å². The Morgan fingerprint density at radius 2 is 1.90 bits per heavy atom. The summed E-state index contributed by atoms with van der Waals surface area (Å²) < 4.78 is 5.27. The highest BCUT2D eigenvalue weighted by Crippen LogP contribution is 2.25. The van der Waals surface area contributed by atoms with Crippen LogP contribution in [-0.2, 0) is 6.54 Å². The van der Waals surface area contributed by atoms with Gasteiger partial charge in [0.15, 0.2) is 0 Å². The fourth-order valence-electron chi connectivity index (χ4n) is 2.06. The van der Waals surface area contributed by atoms with E-state index >= 15 is 0 Å². The average Bonchev–Trinajstić information content (AvgIpc) is 2.48. The average molecular weight is 284 g/mol. The summed E-state index contributed by atoms with van der Waals surface area (Å²) in [6.45, 7) is 2.53. The van der Waals surface area contributed by atoms with Gasteiger partial charge in [0.1, 0.15) is 5.75 Å². The van der Waals surface area contributed by atoms with E-state index in [-0.39, 0.29) is 6.03 Å². The Hall–Kier alpha value is -2.49. The fraction of sp³-hybridized carbons (Fsp3) is 0.235. The first-order chi connectivity index (χ1) is 10.1. The summed E-state index contributed by atoms with van der Waals surface area (Å²) in [5, 5.41) is 2.88. The van der Waals surface area contributed by atoms with Gasteiger partial charge in [-0.3, -0.25) is 0 Å². The largest absolute Gasteiger partial charge is 0.495 e. The second kappa shape index (κ2) is 6.79. The van der Waals surface area contributed by atoms with E-state index in [0.717, 1.165) is 11.1 Å². The Bertz CT molecular complexity index is 611. The molecule has 0 saturated carbocycles. The lowest BCUT2D eigenvalue weighted by atomic mass is 10.2. The number of aryl methyl sites for hydroxylation is 1. The Morgan fingerprint density at radius 3 is 2.57 bits per heavy atom. The van der Waals surface area contributed by atoms with Crippen LogP contribution in [0.1, 0.15) is 11.1 Å². The predicted molar refractivity (Wildman–Crippen MR) is 84.7 cm³/mol. The summed E-state index contributed by atoms with van der Waals surface area (Å²) in [5.74, 6) is 0.655. The summed E-state index contributed by atoms with van der Waals surface area (Å²) in [6, 6.07) is 15.4. The molecule has 1 N–H and O–H groups in total. The molecule has 0 atom stereocenters. The lowest BCUT2D eigenvalue weighted by Crippen LogP contribution is -2.31. The zero-order valence-electron chi connectivity index (χ0n) is 12.6. The third-order valence-electron chi connectivity index (χ3n) is 3.21. The lowest BCUT2D eigenvalue weighted by Gasteiger charge is -2.19. The first-order valence-electron chi connectivity index (χ1n) is 6.81. The number of hydrogen-bond acceptors (Lipinski definition) is 2. The number of hydrogen-bond donors (Lipinski definition) is 1. The van der Waals surface area contributed by atoms with Crippen molar-refractivity contribution in [2.24, 2.45) is 0 Å². The number of nitrogens with one attached hydrogen (secondary N) is 1. The monoisotopic (exact) mass is 284 g/mol. The zero-order chi connectivity index (χ0) is 15.2. The molecule has 110 valence electrons. The fourth-order valence-corrected chi connectivity index (χ4v) is 2.06. The quantitative estimate of drug-likeness (QED) is 0.930. The van der Waals surface area contributed by atoms with Crippen molar-refractivity contribution < 1.29 is 9.53 Å². The molecule has 21 heavy (non-hydrogen) atoms. The van der Waals surface area contributed by atoms with Gasteiger partial charge < -0.3 is 15.0 Å². The number of rotatable bonds is 4. The van der Waals surface area contributed by atoms with Gasteiger partial charge in [0.05, 0.1) is 12.8 Å². The Kier molecular flexibility index (Phi) is 4.82. The van der Waals surface area contributed by atoms with E-state index in [4.69, 9.17) is 4.74 Å². The highest BCUT2D eigenvalue weighted by atomic mass is 16.5.